The van der Waals surface area contributed by atoms with Gasteiger partial charge in [0.25, 0.3) is 0 Å². The minimum Gasteiger partial charge on any atom is -0.480 e. The van der Waals surface area contributed by atoms with Crippen LogP contribution in [0.5, 0.6) is 0 Å². The topological polar surface area (TPSA) is 57.6 Å². The Morgan fingerprint density at radius 2 is 1.78 bits per heavy atom. The Bertz CT molecular complexity index is 295. The summed E-state index contributed by atoms with van der Waals surface area (Å²) in [6, 6.07) is -0.0559. The molecule has 1 unspecified atom stereocenters. The van der Waals surface area contributed by atoms with E-state index in [4.69, 9.17) is 5.11 Å². The first-order valence-corrected chi connectivity index (χ1v) is 6.94. The number of rotatable bonds is 6. The van der Waals surface area contributed by atoms with Crippen molar-refractivity contribution in [1.82, 2.24) is 4.90 Å². The fourth-order valence-electron chi connectivity index (χ4n) is 2.79. The zero-order valence-corrected chi connectivity index (χ0v) is 11.7. The monoisotopic (exact) mass is 255 g/mol. The van der Waals surface area contributed by atoms with E-state index in [2.05, 4.69) is 0 Å². The molecule has 1 amide bonds. The van der Waals surface area contributed by atoms with Gasteiger partial charge in [0.2, 0.25) is 5.91 Å². The van der Waals surface area contributed by atoms with Gasteiger partial charge in [-0.25, -0.2) is 0 Å². The first-order chi connectivity index (χ1) is 8.41. The number of hydrogen-bond donors (Lipinski definition) is 1. The summed E-state index contributed by atoms with van der Waals surface area (Å²) in [6.45, 7) is 5.47. The third kappa shape index (κ3) is 4.31. The number of amides is 1. The van der Waals surface area contributed by atoms with Crippen molar-refractivity contribution in [2.24, 2.45) is 11.8 Å². The molecule has 0 aromatic rings. The Labute approximate surface area is 109 Å². The summed E-state index contributed by atoms with van der Waals surface area (Å²) in [5, 5.41) is 8.85. The van der Waals surface area contributed by atoms with Crippen LogP contribution in [0, 0.1) is 11.8 Å². The number of aliphatic carboxylic acids is 1. The average molecular weight is 255 g/mol. The molecule has 0 heterocycles. The Kier molecular flexibility index (Phi) is 5.63. The van der Waals surface area contributed by atoms with Crippen molar-refractivity contribution < 1.29 is 14.7 Å². The number of nitrogens with zero attached hydrogens (tertiary/aromatic N) is 1. The maximum Gasteiger partial charge on any atom is 0.323 e. The van der Waals surface area contributed by atoms with Crippen molar-refractivity contribution in [1.29, 1.82) is 0 Å². The summed E-state index contributed by atoms with van der Waals surface area (Å²) < 4.78 is 0. The molecule has 4 nitrogen and oxygen atoms in total. The van der Waals surface area contributed by atoms with Crippen LogP contribution in [-0.4, -0.2) is 34.5 Å². The summed E-state index contributed by atoms with van der Waals surface area (Å²) >= 11 is 0. The number of hydrogen-bond acceptors (Lipinski definition) is 2. The van der Waals surface area contributed by atoms with Crippen LogP contribution in [0.15, 0.2) is 0 Å². The van der Waals surface area contributed by atoms with E-state index < -0.39 is 5.97 Å². The van der Waals surface area contributed by atoms with Crippen LogP contribution >= 0.6 is 0 Å². The van der Waals surface area contributed by atoms with Crippen LogP contribution < -0.4 is 0 Å². The van der Waals surface area contributed by atoms with Crippen LogP contribution in [0.4, 0.5) is 0 Å². The minimum absolute atomic E-state index is 0.0145. The highest BCUT2D eigenvalue weighted by molar-refractivity contribution is 5.83. The van der Waals surface area contributed by atoms with Crippen LogP contribution in [-0.2, 0) is 9.59 Å². The van der Waals surface area contributed by atoms with Gasteiger partial charge in [0.05, 0.1) is 0 Å². The molecule has 1 aliphatic carbocycles. The highest BCUT2D eigenvalue weighted by Crippen LogP contribution is 2.30. The van der Waals surface area contributed by atoms with E-state index in [0.29, 0.717) is 5.92 Å². The number of carboxylic acid groups (broad SMARTS) is 1. The van der Waals surface area contributed by atoms with Crippen molar-refractivity contribution in [3.05, 3.63) is 0 Å². The van der Waals surface area contributed by atoms with Crippen LogP contribution in [0.2, 0.25) is 0 Å². The molecule has 1 atom stereocenters. The van der Waals surface area contributed by atoms with Gasteiger partial charge in [0, 0.05) is 12.0 Å². The highest BCUT2D eigenvalue weighted by Gasteiger charge is 2.27. The lowest BCUT2D eigenvalue weighted by Crippen LogP contribution is -2.43. The summed E-state index contributed by atoms with van der Waals surface area (Å²) in [7, 11) is 0. The standard InChI is InChI=1S/C14H25NO3/c1-10(2)15(9-13(16)17)14(18)11(3)8-12-6-4-5-7-12/h10-12H,4-9H2,1-3H3,(H,16,17). The van der Waals surface area contributed by atoms with Gasteiger partial charge in [-0.1, -0.05) is 32.6 Å². The Morgan fingerprint density at radius 3 is 2.22 bits per heavy atom. The summed E-state index contributed by atoms with van der Waals surface area (Å²) in [5.74, 6) is -0.359. The second-order valence-corrected chi connectivity index (χ2v) is 5.74. The van der Waals surface area contributed by atoms with E-state index in [1.54, 1.807) is 0 Å². The lowest BCUT2D eigenvalue weighted by molar-refractivity contribution is -0.147. The quantitative estimate of drug-likeness (QED) is 0.793. The SMILES string of the molecule is CC(CC1CCCC1)C(=O)N(CC(=O)O)C(C)C. The van der Waals surface area contributed by atoms with Crippen molar-refractivity contribution in [2.45, 2.75) is 58.9 Å². The molecule has 1 rings (SSSR count). The van der Waals surface area contributed by atoms with Crippen molar-refractivity contribution >= 4 is 11.9 Å². The number of carboxylic acids is 1. The molecule has 0 radical (unpaired) electrons. The predicted molar refractivity (Wildman–Crippen MR) is 70.2 cm³/mol. The minimum atomic E-state index is -0.940. The van der Waals surface area contributed by atoms with Gasteiger partial charge in [-0.3, -0.25) is 9.59 Å². The first kappa shape index (κ1) is 15.0. The molecule has 0 aromatic carbocycles. The Hall–Kier alpha value is -1.06. The van der Waals surface area contributed by atoms with E-state index in [1.165, 1.54) is 30.6 Å². The second-order valence-electron chi connectivity index (χ2n) is 5.74. The van der Waals surface area contributed by atoms with Crippen LogP contribution in [0.25, 0.3) is 0 Å². The van der Waals surface area contributed by atoms with Crippen LogP contribution in [0.1, 0.15) is 52.9 Å². The Morgan fingerprint density at radius 1 is 1.22 bits per heavy atom. The van der Waals surface area contributed by atoms with E-state index >= 15 is 0 Å². The molecular weight excluding hydrogens is 230 g/mol. The van der Waals surface area contributed by atoms with Crippen molar-refractivity contribution in [3.63, 3.8) is 0 Å². The molecule has 0 aliphatic heterocycles. The molecule has 4 heteroatoms. The van der Waals surface area contributed by atoms with Gasteiger partial charge in [0.1, 0.15) is 6.54 Å². The fourth-order valence-corrected chi connectivity index (χ4v) is 2.79. The van der Waals surface area contributed by atoms with Crippen molar-refractivity contribution in [3.8, 4) is 0 Å². The van der Waals surface area contributed by atoms with E-state index in [0.717, 1.165) is 6.42 Å². The number of carbonyl (C=O) groups excluding carboxylic acids is 1. The molecule has 0 saturated heterocycles. The third-order valence-electron chi connectivity index (χ3n) is 3.80. The second kappa shape index (κ2) is 6.76. The summed E-state index contributed by atoms with van der Waals surface area (Å²) in [5.41, 5.74) is 0. The van der Waals surface area contributed by atoms with Gasteiger partial charge in [-0.05, 0) is 26.2 Å². The third-order valence-corrected chi connectivity index (χ3v) is 3.80. The van der Waals surface area contributed by atoms with E-state index in [-0.39, 0.29) is 24.4 Å². The summed E-state index contributed by atoms with van der Waals surface area (Å²) in [6.07, 6.45) is 5.89. The molecule has 0 aromatic heterocycles. The van der Waals surface area contributed by atoms with Crippen LogP contribution in [0.3, 0.4) is 0 Å². The largest absolute Gasteiger partial charge is 0.480 e. The molecule has 18 heavy (non-hydrogen) atoms. The zero-order chi connectivity index (χ0) is 13.7. The average Bonchev–Trinajstić information content (AvgIpc) is 2.77. The van der Waals surface area contributed by atoms with Gasteiger partial charge < -0.3 is 10.0 Å². The van der Waals surface area contributed by atoms with Gasteiger partial charge in [-0.15, -0.1) is 0 Å². The first-order valence-electron chi connectivity index (χ1n) is 6.94. The smallest absolute Gasteiger partial charge is 0.323 e. The van der Waals surface area contributed by atoms with Gasteiger partial charge >= 0.3 is 5.97 Å². The molecule has 1 saturated carbocycles. The number of carbonyl (C=O) groups is 2. The van der Waals surface area contributed by atoms with Gasteiger partial charge in [-0.2, -0.15) is 0 Å². The van der Waals surface area contributed by atoms with E-state index in [1.807, 2.05) is 20.8 Å². The predicted octanol–water partition coefficient (Wildman–Crippen LogP) is 2.52. The molecule has 104 valence electrons. The summed E-state index contributed by atoms with van der Waals surface area (Å²) in [4.78, 5) is 24.5. The molecule has 0 spiro atoms. The lowest BCUT2D eigenvalue weighted by Gasteiger charge is -2.28. The zero-order valence-electron chi connectivity index (χ0n) is 11.7. The molecule has 1 N–H and O–H groups in total. The van der Waals surface area contributed by atoms with E-state index in [9.17, 15) is 9.59 Å². The molecule has 0 bridgehead atoms. The molecule has 1 fully saturated rings. The lowest BCUT2D eigenvalue weighted by atomic mass is 9.93. The maximum absolute atomic E-state index is 12.3. The highest BCUT2D eigenvalue weighted by atomic mass is 16.4. The molecular formula is C14H25NO3. The van der Waals surface area contributed by atoms with Gasteiger partial charge in [0.15, 0.2) is 0 Å². The van der Waals surface area contributed by atoms with Crippen molar-refractivity contribution in [2.75, 3.05) is 6.54 Å². The Balaban J connectivity index is 2.54. The maximum atomic E-state index is 12.3. The fraction of sp³-hybridized carbons (Fsp3) is 0.857. The molecule has 1 aliphatic rings. The normalized spacial score (nSPS) is 18.0.